The Balaban J connectivity index is 1.36. The summed E-state index contributed by atoms with van der Waals surface area (Å²) < 4.78 is 13.4. The maximum absolute atomic E-state index is 10.2. The monoisotopic (exact) mass is 593 g/mol. The van der Waals surface area contributed by atoms with Crippen LogP contribution in [0.5, 0.6) is 5.88 Å². The van der Waals surface area contributed by atoms with Crippen LogP contribution in [-0.2, 0) is 20.6 Å². The Morgan fingerprint density at radius 1 is 1.02 bits per heavy atom. The van der Waals surface area contributed by atoms with Gasteiger partial charge in [0, 0.05) is 66.5 Å². The van der Waals surface area contributed by atoms with Gasteiger partial charge in [-0.15, -0.1) is 5.10 Å². The third-order valence-electron chi connectivity index (χ3n) is 8.44. The first kappa shape index (κ1) is 28.3. The van der Waals surface area contributed by atoms with Gasteiger partial charge in [-0.25, -0.2) is 14.6 Å². The fraction of sp³-hybridized carbons (Fsp3) is 0.424. The van der Waals surface area contributed by atoms with E-state index in [0.717, 1.165) is 68.8 Å². The maximum Gasteiger partial charge on any atom is 0.258 e. The van der Waals surface area contributed by atoms with Crippen LogP contribution in [0.25, 0.3) is 50.3 Å². The molecular weight excluding hydrogens is 554 g/mol. The molecule has 0 aliphatic heterocycles. The quantitative estimate of drug-likeness (QED) is 0.227. The first-order valence-electron chi connectivity index (χ1n) is 15.2. The van der Waals surface area contributed by atoms with E-state index >= 15 is 0 Å². The number of aliphatic hydroxyl groups is 1. The molecule has 5 heterocycles. The summed E-state index contributed by atoms with van der Waals surface area (Å²) in [7, 11) is 5.67. The summed E-state index contributed by atoms with van der Waals surface area (Å²) in [5, 5.41) is 26.3. The topological polar surface area (TPSA) is 114 Å². The summed E-state index contributed by atoms with van der Waals surface area (Å²) >= 11 is 0. The number of fused-ring (bicyclic) bond motifs is 2. The van der Waals surface area contributed by atoms with Gasteiger partial charge in [-0.1, -0.05) is 26.0 Å². The number of methoxy groups -OCH3 is 1. The molecule has 44 heavy (non-hydrogen) atoms. The van der Waals surface area contributed by atoms with Gasteiger partial charge in [0.05, 0.1) is 35.8 Å². The molecule has 1 aliphatic carbocycles. The molecular formula is C33H39N9O2. The van der Waals surface area contributed by atoms with Crippen LogP contribution in [-0.4, -0.2) is 61.7 Å². The molecule has 1 N–H and O–H groups in total. The summed E-state index contributed by atoms with van der Waals surface area (Å²) in [4.78, 5) is 10.4. The molecule has 5 aromatic heterocycles. The largest absolute Gasteiger partial charge is 0.478 e. The second-order valence-corrected chi connectivity index (χ2v) is 13.0. The molecule has 6 aromatic rings. The molecule has 0 bridgehead atoms. The molecule has 11 nitrogen and oxygen atoms in total. The van der Waals surface area contributed by atoms with Crippen molar-refractivity contribution in [2.75, 3.05) is 7.11 Å². The van der Waals surface area contributed by atoms with E-state index in [2.05, 4.69) is 47.8 Å². The molecule has 1 fully saturated rings. The van der Waals surface area contributed by atoms with Crippen molar-refractivity contribution in [3.05, 3.63) is 54.2 Å². The molecule has 228 valence electrons. The van der Waals surface area contributed by atoms with Crippen LogP contribution in [0, 0.1) is 0 Å². The zero-order valence-corrected chi connectivity index (χ0v) is 26.4. The standard InChI is InChI=1S/C33H39N9O2/c1-19(2)27-23(15-21-16-39(5)37-30(21)34-27)31-35-28(29(40(31)6)20-11-12-20)22-9-8-10-25-24(22)17-42(36-25)26-18-41(38-32(26)44-7)14-13-33(3,4)43/h8-10,15-20,43H,11-14H2,1-7H3. The number of rotatable bonds is 9. The number of imidazole rings is 1. The van der Waals surface area contributed by atoms with Crippen LogP contribution in [0.15, 0.2) is 42.9 Å². The SMILES string of the molecule is COc1nn(CCC(C)(C)O)cc1-n1cc2c(-c3nc(-c4cc5cn(C)nc5nc4C(C)C)n(C)c3C3CC3)cccc2n1. The summed E-state index contributed by atoms with van der Waals surface area (Å²) in [6.45, 7) is 8.50. The highest BCUT2D eigenvalue weighted by Gasteiger charge is 2.33. The number of hydrogen-bond donors (Lipinski definition) is 1. The Morgan fingerprint density at radius 3 is 2.52 bits per heavy atom. The van der Waals surface area contributed by atoms with E-state index in [1.165, 1.54) is 5.69 Å². The van der Waals surface area contributed by atoms with Crippen LogP contribution in [0.4, 0.5) is 0 Å². The van der Waals surface area contributed by atoms with E-state index in [1.807, 2.05) is 47.1 Å². The van der Waals surface area contributed by atoms with Crippen molar-refractivity contribution >= 4 is 21.9 Å². The van der Waals surface area contributed by atoms with Gasteiger partial charge >= 0.3 is 0 Å². The van der Waals surface area contributed by atoms with Crippen molar-refractivity contribution in [3.8, 4) is 34.2 Å². The van der Waals surface area contributed by atoms with Crippen molar-refractivity contribution in [2.45, 2.75) is 70.9 Å². The van der Waals surface area contributed by atoms with Crippen LogP contribution >= 0.6 is 0 Å². The first-order valence-corrected chi connectivity index (χ1v) is 15.2. The molecule has 0 saturated heterocycles. The lowest BCUT2D eigenvalue weighted by atomic mass is 10.0. The molecule has 0 amide bonds. The third kappa shape index (κ3) is 4.94. The van der Waals surface area contributed by atoms with Crippen molar-refractivity contribution in [2.24, 2.45) is 14.1 Å². The highest BCUT2D eigenvalue weighted by molar-refractivity contribution is 5.95. The highest BCUT2D eigenvalue weighted by Crippen LogP contribution is 2.47. The minimum Gasteiger partial charge on any atom is -0.478 e. The van der Waals surface area contributed by atoms with Crippen molar-refractivity contribution in [1.82, 2.24) is 43.9 Å². The molecule has 0 atom stereocenters. The van der Waals surface area contributed by atoms with Crippen molar-refractivity contribution in [1.29, 1.82) is 0 Å². The van der Waals surface area contributed by atoms with E-state index in [4.69, 9.17) is 19.8 Å². The second kappa shape index (κ2) is 10.3. The minimum atomic E-state index is -0.787. The van der Waals surface area contributed by atoms with Gasteiger partial charge in [0.2, 0.25) is 0 Å². The third-order valence-corrected chi connectivity index (χ3v) is 8.44. The normalized spacial score (nSPS) is 14.0. The number of aryl methyl sites for hydroxylation is 2. The van der Waals surface area contributed by atoms with Gasteiger partial charge in [0.25, 0.3) is 5.88 Å². The van der Waals surface area contributed by atoms with Gasteiger partial charge < -0.3 is 14.4 Å². The molecule has 0 spiro atoms. The Labute approximate surface area is 256 Å². The Morgan fingerprint density at radius 2 is 1.82 bits per heavy atom. The van der Waals surface area contributed by atoms with Crippen LogP contribution in [0.2, 0.25) is 0 Å². The maximum atomic E-state index is 10.2. The average Bonchev–Trinajstić information content (AvgIpc) is 3.29. The predicted molar refractivity (Wildman–Crippen MR) is 170 cm³/mol. The lowest BCUT2D eigenvalue weighted by molar-refractivity contribution is 0.0650. The van der Waals surface area contributed by atoms with E-state index in [0.29, 0.717) is 24.8 Å². The summed E-state index contributed by atoms with van der Waals surface area (Å²) in [5.74, 6) is 2.08. The molecule has 0 radical (unpaired) electrons. The van der Waals surface area contributed by atoms with Gasteiger partial charge in [-0.05, 0) is 51.2 Å². The van der Waals surface area contributed by atoms with Gasteiger partial charge in [-0.3, -0.25) is 9.36 Å². The lowest BCUT2D eigenvalue weighted by Crippen LogP contribution is -2.21. The fourth-order valence-electron chi connectivity index (χ4n) is 6.05. The number of nitrogens with zero attached hydrogens (tertiary/aromatic N) is 9. The smallest absolute Gasteiger partial charge is 0.258 e. The van der Waals surface area contributed by atoms with E-state index < -0.39 is 5.60 Å². The molecule has 1 saturated carbocycles. The summed E-state index contributed by atoms with van der Waals surface area (Å²) in [5.41, 5.74) is 6.91. The minimum absolute atomic E-state index is 0.210. The number of ether oxygens (including phenoxy) is 1. The van der Waals surface area contributed by atoms with Crippen LogP contribution in [0.3, 0.4) is 0 Å². The second-order valence-electron chi connectivity index (χ2n) is 13.0. The average molecular weight is 594 g/mol. The molecule has 0 unspecified atom stereocenters. The summed E-state index contributed by atoms with van der Waals surface area (Å²) in [6, 6.07) is 8.40. The summed E-state index contributed by atoms with van der Waals surface area (Å²) in [6.07, 6.45) is 8.84. The van der Waals surface area contributed by atoms with E-state index in [9.17, 15) is 5.11 Å². The Hall–Kier alpha value is -4.51. The first-order chi connectivity index (χ1) is 21.0. The number of aromatic nitrogens is 9. The number of hydrogen-bond acceptors (Lipinski definition) is 7. The fourth-order valence-corrected chi connectivity index (χ4v) is 6.05. The van der Waals surface area contributed by atoms with Crippen molar-refractivity contribution in [3.63, 3.8) is 0 Å². The van der Waals surface area contributed by atoms with Crippen LogP contribution < -0.4 is 4.74 Å². The van der Waals surface area contributed by atoms with E-state index in [-0.39, 0.29) is 5.92 Å². The Kier molecular flexibility index (Phi) is 6.61. The van der Waals surface area contributed by atoms with E-state index in [1.54, 1.807) is 25.6 Å². The van der Waals surface area contributed by atoms with Crippen LogP contribution in [0.1, 0.15) is 70.2 Å². The number of benzene rings is 1. The van der Waals surface area contributed by atoms with Gasteiger partial charge in [0.1, 0.15) is 11.5 Å². The molecule has 11 heteroatoms. The Bertz CT molecular complexity index is 2010. The van der Waals surface area contributed by atoms with Crippen molar-refractivity contribution < 1.29 is 9.84 Å². The molecule has 1 aromatic carbocycles. The zero-order valence-electron chi connectivity index (χ0n) is 26.4. The number of pyridine rings is 1. The predicted octanol–water partition coefficient (Wildman–Crippen LogP) is 5.74. The molecule has 1 aliphatic rings. The lowest BCUT2D eigenvalue weighted by Gasteiger charge is -2.16. The highest BCUT2D eigenvalue weighted by atomic mass is 16.5. The van der Waals surface area contributed by atoms with Gasteiger partial charge in [-0.2, -0.15) is 10.2 Å². The van der Waals surface area contributed by atoms with Gasteiger partial charge in [0.15, 0.2) is 5.65 Å². The zero-order chi connectivity index (χ0) is 30.9. The molecule has 7 rings (SSSR count).